The lowest BCUT2D eigenvalue weighted by Gasteiger charge is -2.38. The number of urea groups is 1. The minimum absolute atomic E-state index is 0.0600. The zero-order chi connectivity index (χ0) is 35.0. The first-order valence-electron chi connectivity index (χ1n) is 15.7. The van der Waals surface area contributed by atoms with E-state index in [9.17, 15) is 14.0 Å². The van der Waals surface area contributed by atoms with Crippen molar-refractivity contribution >= 4 is 46.5 Å². The standard InChI is InChI=1S/C36H35ClFN7O3S/c1-21-15-24(39-5)16-22(2)26(21)9-10-36(3,4)45-19-25-18-43(12-13-44(25)35(45)47)20-29-30(34(46)48-6)31(27-8-7-23(38)17-28(27)37)42-32(41-29)33-40-11-14-49-33/h7-8,11,14-17,25,31H,12-13,18-20H2,1-4,6H3,(H,41,42)/t25-,31-/m0/s1. The van der Waals surface area contributed by atoms with Crippen LogP contribution in [0.3, 0.4) is 0 Å². The zero-order valence-electron chi connectivity index (χ0n) is 27.8. The number of aliphatic imine (C=N–C) groups is 1. The number of hydrogen-bond acceptors (Lipinski definition) is 8. The molecule has 1 N–H and O–H groups in total. The highest BCUT2D eigenvalue weighted by Gasteiger charge is 2.46. The summed E-state index contributed by atoms with van der Waals surface area (Å²) in [6.07, 6.45) is 1.67. The third kappa shape index (κ3) is 6.77. The molecule has 10 nitrogen and oxygen atoms in total. The fraction of sp³-hybridized carbons (Fsp3) is 0.361. The van der Waals surface area contributed by atoms with Gasteiger partial charge in [0.2, 0.25) is 0 Å². The quantitative estimate of drug-likeness (QED) is 0.197. The number of halogens is 2. The number of amides is 2. The zero-order valence-corrected chi connectivity index (χ0v) is 29.4. The van der Waals surface area contributed by atoms with Crippen molar-refractivity contribution in [3.63, 3.8) is 0 Å². The summed E-state index contributed by atoms with van der Waals surface area (Å²) in [7, 11) is 1.31. The maximum Gasteiger partial charge on any atom is 0.338 e. The molecule has 6 rings (SSSR count). The topological polar surface area (TPSA) is 94.7 Å². The number of rotatable bonds is 6. The van der Waals surface area contributed by atoms with Crippen molar-refractivity contribution in [3.8, 4) is 11.8 Å². The minimum Gasteiger partial charge on any atom is -0.466 e. The maximum atomic E-state index is 14.0. The van der Waals surface area contributed by atoms with Crippen LogP contribution in [0.4, 0.5) is 14.9 Å². The predicted octanol–water partition coefficient (Wildman–Crippen LogP) is 5.87. The molecule has 3 aliphatic rings. The number of amidine groups is 1. The van der Waals surface area contributed by atoms with Crippen LogP contribution >= 0.6 is 22.9 Å². The van der Waals surface area contributed by atoms with Gasteiger partial charge < -0.3 is 19.9 Å². The van der Waals surface area contributed by atoms with E-state index < -0.39 is 23.4 Å². The number of ether oxygens (including phenoxy) is 1. The Morgan fingerprint density at radius 1 is 1.22 bits per heavy atom. The van der Waals surface area contributed by atoms with Crippen LogP contribution in [-0.4, -0.2) is 88.9 Å². The molecule has 2 aromatic carbocycles. The molecule has 252 valence electrons. The Balaban J connectivity index is 1.26. The maximum absolute atomic E-state index is 14.0. The molecule has 2 saturated heterocycles. The van der Waals surface area contributed by atoms with E-state index in [1.165, 1.54) is 36.6 Å². The van der Waals surface area contributed by atoms with Gasteiger partial charge in [-0.05, 0) is 51.0 Å². The molecule has 0 radical (unpaired) electrons. The second-order valence-corrected chi connectivity index (χ2v) is 14.0. The van der Waals surface area contributed by atoms with E-state index in [0.29, 0.717) is 60.5 Å². The molecule has 49 heavy (non-hydrogen) atoms. The Hall–Kier alpha value is -4.75. The molecule has 2 amide bonds. The predicted molar refractivity (Wildman–Crippen MR) is 187 cm³/mol. The van der Waals surface area contributed by atoms with E-state index >= 15 is 0 Å². The van der Waals surface area contributed by atoms with E-state index in [1.807, 2.05) is 55.0 Å². The molecule has 13 heteroatoms. The van der Waals surface area contributed by atoms with Gasteiger partial charge in [-0.15, -0.1) is 11.3 Å². The molecule has 4 heterocycles. The number of esters is 1. The van der Waals surface area contributed by atoms with Gasteiger partial charge in [-0.3, -0.25) is 9.89 Å². The van der Waals surface area contributed by atoms with Crippen LogP contribution in [0, 0.1) is 38.1 Å². The van der Waals surface area contributed by atoms with Crippen molar-refractivity contribution < 1.29 is 18.7 Å². The SMILES string of the molecule is [C-]#[N+]c1cc(C)c(C#CC(C)(C)N2C[C@@H]3CN(CC4=C(C(=O)OC)[C@H](c5ccc(F)cc5Cl)N=C(c5nccs5)N4)CCN3C2=O)c(C)c1. The number of nitrogens with one attached hydrogen (secondary N) is 1. The number of carbonyl (C=O) groups excluding carboxylic acids is 2. The average Bonchev–Trinajstić information content (AvgIpc) is 3.72. The van der Waals surface area contributed by atoms with E-state index in [4.69, 9.17) is 27.9 Å². The Morgan fingerprint density at radius 2 is 1.98 bits per heavy atom. The van der Waals surface area contributed by atoms with Crippen molar-refractivity contribution in [2.75, 3.05) is 39.8 Å². The number of aromatic nitrogens is 1. The molecule has 1 aromatic heterocycles. The summed E-state index contributed by atoms with van der Waals surface area (Å²) in [5.74, 6) is 6.03. The first-order chi connectivity index (χ1) is 23.4. The number of thiazole rings is 1. The van der Waals surface area contributed by atoms with Crippen molar-refractivity contribution in [2.24, 2.45) is 4.99 Å². The number of fused-ring (bicyclic) bond motifs is 1. The summed E-state index contributed by atoms with van der Waals surface area (Å²) < 4.78 is 19.3. The van der Waals surface area contributed by atoms with Gasteiger partial charge in [0.15, 0.2) is 16.5 Å². The monoisotopic (exact) mass is 699 g/mol. The molecule has 0 spiro atoms. The number of aryl methyl sites for hydroxylation is 2. The Morgan fingerprint density at radius 3 is 2.63 bits per heavy atom. The molecule has 0 aliphatic carbocycles. The van der Waals surface area contributed by atoms with Gasteiger partial charge in [0, 0.05) is 66.1 Å². The lowest BCUT2D eigenvalue weighted by molar-refractivity contribution is -0.136. The normalized spacial score (nSPS) is 19.5. The van der Waals surface area contributed by atoms with Gasteiger partial charge in [-0.1, -0.05) is 41.6 Å². The van der Waals surface area contributed by atoms with E-state index in [0.717, 1.165) is 16.7 Å². The third-order valence-corrected chi connectivity index (χ3v) is 10.2. The Bertz CT molecular complexity index is 1970. The van der Waals surface area contributed by atoms with E-state index in [2.05, 4.69) is 31.9 Å². The average molecular weight is 700 g/mol. The summed E-state index contributed by atoms with van der Waals surface area (Å²) in [5.41, 5.74) is 3.88. The van der Waals surface area contributed by atoms with E-state index in [-0.39, 0.29) is 22.7 Å². The summed E-state index contributed by atoms with van der Waals surface area (Å²) in [5, 5.41) is 5.95. The first kappa shape index (κ1) is 34.1. The fourth-order valence-electron chi connectivity index (χ4n) is 6.56. The lowest BCUT2D eigenvalue weighted by Crippen LogP contribution is -2.53. The van der Waals surface area contributed by atoms with Crippen LogP contribution in [0.2, 0.25) is 5.02 Å². The highest BCUT2D eigenvalue weighted by atomic mass is 35.5. The van der Waals surface area contributed by atoms with Crippen LogP contribution in [-0.2, 0) is 9.53 Å². The number of benzene rings is 2. The molecule has 2 atom stereocenters. The van der Waals surface area contributed by atoms with Gasteiger partial charge in [-0.2, -0.15) is 0 Å². The van der Waals surface area contributed by atoms with Gasteiger partial charge in [0.25, 0.3) is 0 Å². The van der Waals surface area contributed by atoms with Crippen molar-refractivity contribution in [2.45, 2.75) is 45.3 Å². The number of nitrogens with zero attached hydrogens (tertiary/aromatic N) is 6. The van der Waals surface area contributed by atoms with Gasteiger partial charge in [0.1, 0.15) is 17.4 Å². The highest BCUT2D eigenvalue weighted by Crippen LogP contribution is 2.37. The number of carbonyl (C=O) groups is 2. The third-order valence-electron chi connectivity index (χ3n) is 9.06. The van der Waals surface area contributed by atoms with Crippen LogP contribution < -0.4 is 5.32 Å². The van der Waals surface area contributed by atoms with Gasteiger partial charge >= 0.3 is 12.0 Å². The second kappa shape index (κ2) is 13.6. The van der Waals surface area contributed by atoms with E-state index in [1.54, 1.807) is 6.20 Å². The van der Waals surface area contributed by atoms with Crippen molar-refractivity contribution in [3.05, 3.63) is 103 Å². The van der Waals surface area contributed by atoms with Crippen LogP contribution in [0.25, 0.3) is 4.85 Å². The molecule has 0 bridgehead atoms. The fourth-order valence-corrected chi connectivity index (χ4v) is 7.42. The molecular weight excluding hydrogens is 665 g/mol. The largest absolute Gasteiger partial charge is 0.466 e. The summed E-state index contributed by atoms with van der Waals surface area (Å²) in [6.45, 7) is 17.6. The molecule has 3 aromatic rings. The summed E-state index contributed by atoms with van der Waals surface area (Å²) >= 11 is 7.90. The van der Waals surface area contributed by atoms with Crippen LogP contribution in [0.5, 0.6) is 0 Å². The molecular formula is C36H35ClFN7O3S. The lowest BCUT2D eigenvalue weighted by atomic mass is 9.95. The number of piperazine rings is 1. The molecule has 2 fully saturated rings. The second-order valence-electron chi connectivity index (χ2n) is 12.7. The summed E-state index contributed by atoms with van der Waals surface area (Å²) in [6, 6.07) is 6.68. The Labute approximate surface area is 294 Å². The smallest absolute Gasteiger partial charge is 0.338 e. The van der Waals surface area contributed by atoms with Gasteiger partial charge in [0.05, 0.1) is 25.3 Å². The molecule has 3 aliphatic heterocycles. The molecule has 0 unspecified atom stereocenters. The van der Waals surface area contributed by atoms with Crippen LogP contribution in [0.15, 0.2) is 58.2 Å². The molecule has 0 saturated carbocycles. The Kier molecular flexibility index (Phi) is 9.50. The van der Waals surface area contributed by atoms with Crippen molar-refractivity contribution in [1.29, 1.82) is 0 Å². The van der Waals surface area contributed by atoms with Crippen LogP contribution in [0.1, 0.15) is 47.2 Å². The van der Waals surface area contributed by atoms with Crippen molar-refractivity contribution in [1.82, 2.24) is 25.0 Å². The first-order valence-corrected chi connectivity index (χ1v) is 17.0. The van der Waals surface area contributed by atoms with Gasteiger partial charge in [-0.25, -0.2) is 23.8 Å². The number of hydrogen-bond donors (Lipinski definition) is 1. The summed E-state index contributed by atoms with van der Waals surface area (Å²) in [4.78, 5) is 45.8. The number of methoxy groups -OCH3 is 1. The minimum atomic E-state index is -0.857. The highest BCUT2D eigenvalue weighted by molar-refractivity contribution is 7.11.